The van der Waals surface area contributed by atoms with E-state index in [2.05, 4.69) is 0 Å². The van der Waals surface area contributed by atoms with Gasteiger partial charge in [0.1, 0.15) is 23.3 Å². The second-order valence-electron chi connectivity index (χ2n) is 8.24. The van der Waals surface area contributed by atoms with Crippen LogP contribution in [0.4, 0.5) is 0 Å². The molecule has 0 fully saturated rings. The van der Waals surface area contributed by atoms with Crippen LogP contribution in [0.1, 0.15) is 69.2 Å². The lowest BCUT2D eigenvalue weighted by molar-refractivity contribution is 0.0591. The van der Waals surface area contributed by atoms with Gasteiger partial charge in [-0.1, -0.05) is 0 Å². The molecular weight excluding hydrogens is 416 g/mol. The number of ether oxygens (including phenoxy) is 2. The van der Waals surface area contributed by atoms with E-state index in [0.29, 0.717) is 36.3 Å². The van der Waals surface area contributed by atoms with Gasteiger partial charge in [0.25, 0.3) is 11.5 Å². The Morgan fingerprint density at radius 1 is 1.09 bits per heavy atom. The average molecular weight is 442 g/mol. The number of pyridine rings is 1. The molecule has 0 aromatic carbocycles. The van der Waals surface area contributed by atoms with Crippen LogP contribution in [0.2, 0.25) is 0 Å². The number of nitrogens with zero attached hydrogens (tertiary/aromatic N) is 2. The quantitative estimate of drug-likeness (QED) is 0.668. The zero-order valence-electron chi connectivity index (χ0n) is 18.4. The smallest absolute Gasteiger partial charge is 0.343 e. The number of hydrogen-bond donors (Lipinski definition) is 0. The summed E-state index contributed by atoms with van der Waals surface area (Å²) in [5.74, 6) is -0.260. The van der Waals surface area contributed by atoms with Gasteiger partial charge < -0.3 is 23.4 Å². The molecule has 170 valence electrons. The molecule has 0 atom stereocenters. The summed E-state index contributed by atoms with van der Waals surface area (Å²) in [5, 5.41) is 0. The molecule has 0 unspecified atom stereocenters. The summed E-state index contributed by atoms with van der Waals surface area (Å²) in [6.45, 7) is 4.33. The number of ketones is 1. The van der Waals surface area contributed by atoms with Crippen LogP contribution in [0.5, 0.6) is 5.75 Å². The fraction of sp³-hybridized carbons (Fsp3) is 0.478. The van der Waals surface area contributed by atoms with Gasteiger partial charge in [-0.3, -0.25) is 14.4 Å². The number of methoxy groups -OCH3 is 1. The maximum atomic E-state index is 13.3. The molecular formula is C23H26N2O7. The number of aromatic nitrogens is 1. The highest BCUT2D eigenvalue weighted by Crippen LogP contribution is 2.29. The first-order valence-corrected chi connectivity index (χ1v) is 10.8. The molecule has 1 aliphatic heterocycles. The van der Waals surface area contributed by atoms with Gasteiger partial charge in [-0.25, -0.2) is 4.79 Å². The van der Waals surface area contributed by atoms with E-state index in [0.717, 1.165) is 0 Å². The van der Waals surface area contributed by atoms with Crippen molar-refractivity contribution in [3.63, 3.8) is 0 Å². The number of esters is 1. The van der Waals surface area contributed by atoms with Gasteiger partial charge in [0.05, 0.1) is 24.3 Å². The summed E-state index contributed by atoms with van der Waals surface area (Å²) in [5.41, 5.74) is 1.00. The fourth-order valence-electron chi connectivity index (χ4n) is 4.37. The Labute approximate surface area is 184 Å². The molecule has 32 heavy (non-hydrogen) atoms. The van der Waals surface area contributed by atoms with Crippen molar-refractivity contribution in [3.8, 4) is 5.75 Å². The Morgan fingerprint density at radius 3 is 2.59 bits per heavy atom. The molecule has 2 aromatic heterocycles. The fourth-order valence-corrected chi connectivity index (χ4v) is 4.37. The second kappa shape index (κ2) is 8.64. The predicted molar refractivity (Wildman–Crippen MR) is 113 cm³/mol. The molecule has 3 heterocycles. The molecule has 0 N–H and O–H groups in total. The average Bonchev–Trinajstić information content (AvgIpc) is 3.07. The van der Waals surface area contributed by atoms with Gasteiger partial charge in [0.2, 0.25) is 0 Å². The van der Waals surface area contributed by atoms with E-state index in [1.54, 1.807) is 18.7 Å². The Bertz CT molecular complexity index is 1140. The van der Waals surface area contributed by atoms with Crippen molar-refractivity contribution in [1.29, 1.82) is 0 Å². The van der Waals surface area contributed by atoms with Crippen LogP contribution in [0.15, 0.2) is 21.5 Å². The Kier molecular flexibility index (Phi) is 5.90. The van der Waals surface area contributed by atoms with E-state index in [4.69, 9.17) is 13.9 Å². The minimum atomic E-state index is -0.598. The van der Waals surface area contributed by atoms with Crippen LogP contribution < -0.4 is 10.3 Å². The lowest BCUT2D eigenvalue weighted by Crippen LogP contribution is -2.35. The van der Waals surface area contributed by atoms with Crippen molar-refractivity contribution < 1.29 is 28.3 Å². The first kappa shape index (κ1) is 21.9. The largest absolute Gasteiger partial charge is 0.490 e. The zero-order valence-corrected chi connectivity index (χ0v) is 18.4. The third kappa shape index (κ3) is 3.83. The van der Waals surface area contributed by atoms with Gasteiger partial charge >= 0.3 is 5.97 Å². The van der Waals surface area contributed by atoms with Crippen LogP contribution in [-0.4, -0.2) is 53.4 Å². The maximum absolute atomic E-state index is 13.3. The van der Waals surface area contributed by atoms with Crippen LogP contribution in [-0.2, 0) is 24.1 Å². The summed E-state index contributed by atoms with van der Waals surface area (Å²) in [6.07, 6.45) is 3.12. The van der Waals surface area contributed by atoms with E-state index in [1.807, 2.05) is 0 Å². The Balaban J connectivity index is 1.67. The minimum absolute atomic E-state index is 0.0823. The predicted octanol–water partition coefficient (Wildman–Crippen LogP) is 2.23. The van der Waals surface area contributed by atoms with Gasteiger partial charge in [-0.05, 0) is 20.3 Å². The number of rotatable bonds is 4. The van der Waals surface area contributed by atoms with Crippen LogP contribution >= 0.6 is 0 Å². The molecule has 1 amide bonds. The molecule has 4 rings (SSSR count). The second-order valence-corrected chi connectivity index (χ2v) is 8.24. The standard InChI is InChI=1S/C23H26N2O7/c1-13(2)32-18-11-19(27)25-10-9-24(8-7-15(25)21(18)23(29)30-3)22(28)14-12-31-17-6-4-5-16(26)20(14)17/h11-13H,4-10H2,1-3H3. The summed E-state index contributed by atoms with van der Waals surface area (Å²) in [6, 6.07) is 1.29. The van der Waals surface area contributed by atoms with Gasteiger partial charge in [0.15, 0.2) is 5.78 Å². The number of hydrogen-bond acceptors (Lipinski definition) is 7. The first-order chi connectivity index (χ1) is 15.3. The SMILES string of the molecule is COC(=O)c1c(OC(C)C)cc(=O)n2c1CCN(C(=O)c1coc3c1C(=O)CCC3)CC2. The zero-order chi connectivity index (χ0) is 23.0. The molecule has 0 radical (unpaired) electrons. The summed E-state index contributed by atoms with van der Waals surface area (Å²) in [7, 11) is 1.27. The first-order valence-electron chi connectivity index (χ1n) is 10.8. The van der Waals surface area contributed by atoms with Crippen LogP contribution in [0.25, 0.3) is 0 Å². The van der Waals surface area contributed by atoms with E-state index < -0.39 is 5.97 Å². The molecule has 0 saturated carbocycles. The topological polar surface area (TPSA) is 108 Å². The van der Waals surface area contributed by atoms with E-state index in [-0.39, 0.29) is 66.3 Å². The van der Waals surface area contributed by atoms with Gasteiger partial charge in [-0.15, -0.1) is 0 Å². The van der Waals surface area contributed by atoms with Gasteiger partial charge in [0, 0.05) is 50.7 Å². The third-order valence-electron chi connectivity index (χ3n) is 5.82. The van der Waals surface area contributed by atoms with E-state index in [9.17, 15) is 19.2 Å². The molecule has 9 nitrogen and oxygen atoms in total. The molecule has 1 aliphatic carbocycles. The van der Waals surface area contributed by atoms with Crippen molar-refractivity contribution in [2.24, 2.45) is 0 Å². The minimum Gasteiger partial charge on any atom is -0.490 e. The number of amides is 1. The number of carbonyl (C=O) groups is 3. The molecule has 2 aromatic rings. The molecule has 0 bridgehead atoms. The molecule has 2 aliphatic rings. The monoisotopic (exact) mass is 442 g/mol. The summed E-state index contributed by atoms with van der Waals surface area (Å²) >= 11 is 0. The number of Topliss-reactive ketones (excluding diaryl/α,β-unsaturated/α-hetero) is 1. The summed E-state index contributed by atoms with van der Waals surface area (Å²) in [4.78, 5) is 52.6. The number of aryl methyl sites for hydroxylation is 1. The van der Waals surface area contributed by atoms with Crippen molar-refractivity contribution in [1.82, 2.24) is 9.47 Å². The van der Waals surface area contributed by atoms with Crippen LogP contribution in [0.3, 0.4) is 0 Å². The highest BCUT2D eigenvalue weighted by Gasteiger charge is 2.32. The Hall–Kier alpha value is -3.36. The third-order valence-corrected chi connectivity index (χ3v) is 5.82. The van der Waals surface area contributed by atoms with Gasteiger partial charge in [-0.2, -0.15) is 0 Å². The molecule has 9 heteroatoms. The normalized spacial score (nSPS) is 15.8. The van der Waals surface area contributed by atoms with Crippen molar-refractivity contribution in [2.45, 2.75) is 52.2 Å². The number of furan rings is 1. The molecule has 0 saturated heterocycles. The van der Waals surface area contributed by atoms with Crippen molar-refractivity contribution in [3.05, 3.63) is 50.8 Å². The van der Waals surface area contributed by atoms with Crippen LogP contribution in [0, 0.1) is 0 Å². The lowest BCUT2D eigenvalue weighted by atomic mass is 9.93. The van der Waals surface area contributed by atoms with E-state index >= 15 is 0 Å². The van der Waals surface area contributed by atoms with E-state index in [1.165, 1.54) is 24.0 Å². The summed E-state index contributed by atoms with van der Waals surface area (Å²) < 4.78 is 17.7. The maximum Gasteiger partial charge on any atom is 0.343 e. The highest BCUT2D eigenvalue weighted by molar-refractivity contribution is 6.09. The van der Waals surface area contributed by atoms with Crippen molar-refractivity contribution >= 4 is 17.7 Å². The number of carbonyl (C=O) groups excluding carboxylic acids is 3. The Morgan fingerprint density at radius 2 is 1.88 bits per heavy atom. The lowest BCUT2D eigenvalue weighted by Gasteiger charge is -2.20. The van der Waals surface area contributed by atoms with Crippen molar-refractivity contribution in [2.75, 3.05) is 20.2 Å². The molecule has 0 spiro atoms. The number of fused-ring (bicyclic) bond motifs is 2. The highest BCUT2D eigenvalue weighted by atomic mass is 16.5.